The van der Waals surface area contributed by atoms with Gasteiger partial charge in [0.1, 0.15) is 0 Å². The van der Waals surface area contributed by atoms with Crippen LogP contribution in [0.1, 0.15) is 0 Å². The Morgan fingerprint density at radius 3 is 0.586 bits per heavy atom. The van der Waals surface area contributed by atoms with Crippen LogP contribution >= 0.6 is 70.4 Å². The second-order valence-corrected chi connectivity index (χ2v) is 24.9. The maximum absolute atomic E-state index is 12.9. The lowest BCUT2D eigenvalue weighted by Crippen LogP contribution is -2.17. The highest BCUT2D eigenvalue weighted by molar-refractivity contribution is 7.49. The molecule has 37 nitrogen and oxygen atoms in total. The number of hydrogen-bond donors (Lipinski definition) is 11. The Balaban J connectivity index is 4.25. The lowest BCUT2D eigenvalue weighted by molar-refractivity contribution is 0.0692. The van der Waals surface area contributed by atoms with E-state index in [4.69, 9.17) is 14.9 Å². The van der Waals surface area contributed by atoms with Crippen molar-refractivity contribution in [1.82, 2.24) is 0 Å². The lowest BCUT2D eigenvalue weighted by Gasteiger charge is -2.17. The molecule has 48 heteroatoms. The molecule has 0 aromatic heterocycles. The van der Waals surface area contributed by atoms with Crippen LogP contribution in [0, 0.1) is 11.8 Å². The van der Waals surface area contributed by atoms with Gasteiger partial charge in [-0.1, -0.05) is 0 Å². The van der Waals surface area contributed by atoms with Crippen molar-refractivity contribution in [1.29, 1.82) is 0 Å². The number of aliphatic hydroxyl groups is 1. The molecule has 0 rings (SSSR count). The van der Waals surface area contributed by atoms with Crippen molar-refractivity contribution in [3.8, 4) is 0 Å². The third kappa shape index (κ3) is 41.0. The summed E-state index contributed by atoms with van der Waals surface area (Å²) in [6, 6.07) is 0. The zero-order valence-corrected chi connectivity index (χ0v) is 43.7. The van der Waals surface area contributed by atoms with Crippen LogP contribution < -0.4 is 0 Å². The zero-order valence-electron chi connectivity index (χ0n) is 35.6. The summed E-state index contributed by atoms with van der Waals surface area (Å²) < 4.78 is 206. The topological polar surface area (TPSA) is 533 Å². The van der Waals surface area contributed by atoms with Crippen LogP contribution in [0.3, 0.4) is 0 Å². The number of phosphoric ester groups is 9. The Kier molecular flexibility index (Phi) is 35.0. The molecule has 11 N–H and O–H groups in total. The van der Waals surface area contributed by atoms with Gasteiger partial charge in [-0.15, -0.1) is 0 Å². The first-order valence-electron chi connectivity index (χ1n) is 18.5. The number of halogens is 2. The van der Waals surface area contributed by atoms with E-state index in [1.54, 1.807) is 0 Å². The van der Waals surface area contributed by atoms with Gasteiger partial charge in [0.05, 0.1) is 132 Å². The zero-order chi connectivity index (χ0) is 53.8. The molecule has 0 spiro atoms. The second-order valence-electron chi connectivity index (χ2n) is 12.0. The molecule has 0 aliphatic rings. The standard InChI is InChI=1S/C22H53F2O37P9/c23-15-21(17-25)18-60-69(41,42)57-13-11-55-67(37,38)53-9-7-51-65(33,34)49-5-3-47-63(29,30)45-1-2-46-64(31,32)48-4-6-50-66(35,36)52-8-10-54-68(39,40)56-12-14-58-70(43,44)61-20-22(16-24)19-59-62(26,27)28/h21-22,25H,1-20H2,(H,29,30)(H,31,32)(H,33,34)(H,35,36)(H,37,38)(H,39,40)(H,41,42)(H,43,44)(H2,26,27,28). The van der Waals surface area contributed by atoms with Crippen LogP contribution in [0.25, 0.3) is 0 Å². The summed E-state index contributed by atoms with van der Waals surface area (Å²) in [5, 5.41) is 8.83. The fourth-order valence-corrected chi connectivity index (χ4v) is 9.39. The Bertz CT molecular complexity index is 1920. The van der Waals surface area contributed by atoms with Crippen LogP contribution in [0.2, 0.25) is 0 Å². The monoisotopic (exact) mass is 1230 g/mol. The molecule has 0 aliphatic carbocycles. The highest BCUT2D eigenvalue weighted by atomic mass is 31.2. The largest absolute Gasteiger partial charge is 0.472 e. The molecule has 10 atom stereocenters. The Morgan fingerprint density at radius 2 is 0.429 bits per heavy atom. The van der Waals surface area contributed by atoms with E-state index >= 15 is 0 Å². The minimum atomic E-state index is -4.97. The van der Waals surface area contributed by atoms with Crippen LogP contribution in [0.15, 0.2) is 0 Å². The summed E-state index contributed by atoms with van der Waals surface area (Å²) >= 11 is 0. The predicted octanol–water partition coefficient (Wildman–Crippen LogP) is 1.33. The van der Waals surface area contributed by atoms with Crippen molar-refractivity contribution in [2.75, 3.05) is 132 Å². The molecule has 0 heterocycles. The van der Waals surface area contributed by atoms with E-state index in [1.807, 2.05) is 0 Å². The van der Waals surface area contributed by atoms with Crippen molar-refractivity contribution < 1.29 is 181 Å². The maximum atomic E-state index is 12.9. The number of hydrogen-bond acceptors (Lipinski definition) is 27. The molecule has 0 saturated carbocycles. The quantitative estimate of drug-likeness (QED) is 0.0302. The van der Waals surface area contributed by atoms with Crippen molar-refractivity contribution in [2.24, 2.45) is 11.8 Å². The van der Waals surface area contributed by atoms with Gasteiger partial charge >= 0.3 is 70.4 Å². The van der Waals surface area contributed by atoms with Crippen molar-refractivity contribution in [3.63, 3.8) is 0 Å². The fraction of sp³-hybridized carbons (Fsp3) is 1.00. The van der Waals surface area contributed by atoms with E-state index in [1.165, 1.54) is 0 Å². The number of rotatable bonds is 47. The predicted molar refractivity (Wildman–Crippen MR) is 218 cm³/mol. The van der Waals surface area contributed by atoms with E-state index in [9.17, 15) is 89.0 Å². The molecule has 0 radical (unpaired) electrons. The molecule has 10 unspecified atom stereocenters. The van der Waals surface area contributed by atoms with Crippen LogP contribution in [-0.2, 0) is 118 Å². The smallest absolute Gasteiger partial charge is 0.396 e. The van der Waals surface area contributed by atoms with E-state index in [-0.39, 0.29) is 0 Å². The summed E-state index contributed by atoms with van der Waals surface area (Å²) in [6.45, 7) is -17.9. The van der Waals surface area contributed by atoms with Crippen LogP contribution in [0.4, 0.5) is 8.78 Å². The summed E-state index contributed by atoms with van der Waals surface area (Å²) in [5.74, 6) is -2.48. The minimum Gasteiger partial charge on any atom is -0.396 e. The fourth-order valence-electron chi connectivity index (χ4n) is 3.32. The Morgan fingerprint density at radius 1 is 0.271 bits per heavy atom. The third-order valence-corrected chi connectivity index (χ3v) is 14.8. The maximum Gasteiger partial charge on any atom is 0.472 e. The lowest BCUT2D eigenvalue weighted by atomic mass is 10.2. The molecule has 0 aliphatic heterocycles. The molecule has 0 bridgehead atoms. The number of alkyl halides is 2. The highest BCUT2D eigenvalue weighted by Crippen LogP contribution is 2.50. The van der Waals surface area contributed by atoms with Gasteiger partial charge in [0, 0.05) is 11.8 Å². The number of phosphoric acid groups is 9. The molecule has 0 saturated heterocycles. The van der Waals surface area contributed by atoms with E-state index < -0.39 is 215 Å². The normalized spacial score (nSPS) is 20.4. The first-order valence-corrected chi connectivity index (χ1v) is 31.9. The second kappa shape index (κ2) is 34.6. The van der Waals surface area contributed by atoms with Gasteiger partial charge in [-0.25, -0.2) is 41.1 Å². The average Bonchev–Trinajstić information content (AvgIpc) is 3.23. The highest BCUT2D eigenvalue weighted by Gasteiger charge is 2.31. The van der Waals surface area contributed by atoms with Gasteiger partial charge in [-0.2, -0.15) is 0 Å². The van der Waals surface area contributed by atoms with Gasteiger partial charge in [-0.05, 0) is 0 Å². The summed E-state index contributed by atoms with van der Waals surface area (Å²) in [6.07, 6.45) is 0. The third-order valence-electron chi connectivity index (χ3n) is 6.27. The summed E-state index contributed by atoms with van der Waals surface area (Å²) in [4.78, 5) is 94.0. The first kappa shape index (κ1) is 70.8. The Hall–Kier alpha value is 0.810. The van der Waals surface area contributed by atoms with Crippen molar-refractivity contribution in [2.45, 2.75) is 0 Å². The Labute approximate surface area is 394 Å². The first-order chi connectivity index (χ1) is 32.1. The van der Waals surface area contributed by atoms with Gasteiger partial charge in [0.25, 0.3) is 0 Å². The van der Waals surface area contributed by atoms with Gasteiger partial charge in [0.2, 0.25) is 0 Å². The van der Waals surface area contributed by atoms with E-state index in [0.717, 1.165) is 0 Å². The molecular weight excluding hydrogens is 1170 g/mol. The molecule has 0 amide bonds. The van der Waals surface area contributed by atoms with E-state index in [2.05, 4.69) is 76.9 Å². The number of aliphatic hydroxyl groups excluding tert-OH is 1. The molecule has 0 fully saturated rings. The van der Waals surface area contributed by atoms with Gasteiger partial charge in [0.15, 0.2) is 0 Å². The summed E-state index contributed by atoms with van der Waals surface area (Å²) in [5.41, 5.74) is 0. The molecule has 70 heavy (non-hydrogen) atoms. The van der Waals surface area contributed by atoms with Crippen LogP contribution in [0.5, 0.6) is 0 Å². The van der Waals surface area contributed by atoms with Crippen LogP contribution in [-0.4, -0.2) is 186 Å². The van der Waals surface area contributed by atoms with Gasteiger partial charge < -0.3 is 54.0 Å². The minimum absolute atomic E-state index is 0.677. The van der Waals surface area contributed by atoms with E-state index in [0.29, 0.717) is 0 Å². The molecular formula is C22H53F2O37P9. The van der Waals surface area contributed by atoms with Crippen molar-refractivity contribution in [3.05, 3.63) is 0 Å². The molecule has 422 valence electrons. The SMILES string of the molecule is O=P(O)(O)OCC(CF)COP(=O)(O)OCCOP(=O)(O)OCCOP(=O)(O)OCCOP(=O)(O)OCCOP(=O)(O)OCCOP(=O)(O)OCCOP(=O)(O)OCCOP(=O)(O)OCC(CO)CF. The van der Waals surface area contributed by atoms with Gasteiger partial charge in [-0.3, -0.25) is 85.7 Å². The average molecular weight is 1230 g/mol. The molecule has 0 aromatic carbocycles. The summed E-state index contributed by atoms with van der Waals surface area (Å²) in [7, 11) is -44.3. The molecule has 0 aromatic rings. The van der Waals surface area contributed by atoms with Crippen molar-refractivity contribution >= 4 is 70.4 Å².